The standard InChI is InChI=1S/C15H30/c1-4-7-9-10-12-14-15(6-3)13-11-8-5-2/h14H,4-13H2,1-3H3. The third kappa shape index (κ3) is 10.0. The summed E-state index contributed by atoms with van der Waals surface area (Å²) in [5.41, 5.74) is 1.69. The van der Waals surface area contributed by atoms with Gasteiger partial charge in [-0.25, -0.2) is 0 Å². The number of rotatable bonds is 10. The van der Waals surface area contributed by atoms with Crippen molar-refractivity contribution in [2.45, 2.75) is 85.0 Å². The largest absolute Gasteiger partial charge is 0.0853 e. The van der Waals surface area contributed by atoms with E-state index < -0.39 is 0 Å². The van der Waals surface area contributed by atoms with Crippen LogP contribution in [0.5, 0.6) is 0 Å². The molecule has 0 N–H and O–H groups in total. The summed E-state index contributed by atoms with van der Waals surface area (Å²) in [5, 5.41) is 0. The van der Waals surface area contributed by atoms with Gasteiger partial charge >= 0.3 is 0 Å². The highest BCUT2D eigenvalue weighted by molar-refractivity contribution is 5.00. The Bertz CT molecular complexity index is 144. The van der Waals surface area contributed by atoms with Gasteiger partial charge in [0.2, 0.25) is 0 Å². The van der Waals surface area contributed by atoms with Crippen molar-refractivity contribution in [3.8, 4) is 0 Å². The summed E-state index contributed by atoms with van der Waals surface area (Å²) in [5.74, 6) is 0. The fourth-order valence-electron chi connectivity index (χ4n) is 1.90. The predicted molar refractivity (Wildman–Crippen MR) is 71.3 cm³/mol. The molecular weight excluding hydrogens is 180 g/mol. The molecule has 0 amide bonds. The molecule has 0 fully saturated rings. The van der Waals surface area contributed by atoms with Crippen molar-refractivity contribution in [3.63, 3.8) is 0 Å². The molecule has 0 saturated carbocycles. The van der Waals surface area contributed by atoms with Gasteiger partial charge in [0.1, 0.15) is 0 Å². The van der Waals surface area contributed by atoms with Gasteiger partial charge in [-0.05, 0) is 32.1 Å². The molecule has 0 aliphatic heterocycles. The Morgan fingerprint density at radius 3 is 2.07 bits per heavy atom. The van der Waals surface area contributed by atoms with Gasteiger partial charge in [-0.2, -0.15) is 0 Å². The molecule has 0 rings (SSSR count). The molecule has 0 heterocycles. The predicted octanol–water partition coefficient (Wildman–Crippen LogP) is 5.87. The summed E-state index contributed by atoms with van der Waals surface area (Å²) in [6.07, 6.45) is 16.1. The topological polar surface area (TPSA) is 0 Å². The van der Waals surface area contributed by atoms with Crippen LogP contribution in [-0.2, 0) is 0 Å². The van der Waals surface area contributed by atoms with Crippen molar-refractivity contribution >= 4 is 0 Å². The lowest BCUT2D eigenvalue weighted by Gasteiger charge is -2.04. The average molecular weight is 210 g/mol. The van der Waals surface area contributed by atoms with Crippen LogP contribution in [0, 0.1) is 0 Å². The number of hydrogen-bond donors (Lipinski definition) is 0. The molecule has 15 heavy (non-hydrogen) atoms. The molecule has 0 radical (unpaired) electrons. The second-order valence-corrected chi connectivity index (χ2v) is 4.52. The first kappa shape index (κ1) is 14.7. The maximum atomic E-state index is 2.51. The lowest BCUT2D eigenvalue weighted by atomic mass is 10.0. The molecule has 0 aromatic heterocycles. The molecule has 0 unspecified atom stereocenters. The van der Waals surface area contributed by atoms with E-state index in [1.165, 1.54) is 64.2 Å². The quantitative estimate of drug-likeness (QED) is 0.312. The van der Waals surface area contributed by atoms with Crippen molar-refractivity contribution in [1.82, 2.24) is 0 Å². The molecule has 0 nitrogen and oxygen atoms in total. The van der Waals surface area contributed by atoms with Crippen LogP contribution in [0.25, 0.3) is 0 Å². The third-order valence-electron chi connectivity index (χ3n) is 3.05. The lowest BCUT2D eigenvalue weighted by molar-refractivity contribution is 0.665. The van der Waals surface area contributed by atoms with E-state index in [4.69, 9.17) is 0 Å². The minimum absolute atomic E-state index is 1.26. The minimum Gasteiger partial charge on any atom is -0.0853 e. The summed E-state index contributed by atoms with van der Waals surface area (Å²) in [6, 6.07) is 0. The number of hydrogen-bond acceptors (Lipinski definition) is 0. The van der Waals surface area contributed by atoms with E-state index in [0.29, 0.717) is 0 Å². The molecule has 90 valence electrons. The van der Waals surface area contributed by atoms with Crippen LogP contribution in [0.15, 0.2) is 11.6 Å². The summed E-state index contributed by atoms with van der Waals surface area (Å²) in [4.78, 5) is 0. The zero-order valence-electron chi connectivity index (χ0n) is 11.1. The molecule has 0 aliphatic rings. The van der Waals surface area contributed by atoms with E-state index in [9.17, 15) is 0 Å². The highest BCUT2D eigenvalue weighted by Gasteiger charge is 1.94. The highest BCUT2D eigenvalue weighted by atomic mass is 14.0. The highest BCUT2D eigenvalue weighted by Crippen LogP contribution is 2.14. The van der Waals surface area contributed by atoms with Crippen LogP contribution in [-0.4, -0.2) is 0 Å². The van der Waals surface area contributed by atoms with E-state index in [0.717, 1.165) is 0 Å². The van der Waals surface area contributed by atoms with Gasteiger partial charge in [-0.3, -0.25) is 0 Å². The van der Waals surface area contributed by atoms with Crippen LogP contribution >= 0.6 is 0 Å². The first-order valence-corrected chi connectivity index (χ1v) is 7.03. The van der Waals surface area contributed by atoms with Gasteiger partial charge in [0.25, 0.3) is 0 Å². The lowest BCUT2D eigenvalue weighted by Crippen LogP contribution is -1.84. The van der Waals surface area contributed by atoms with Crippen LogP contribution in [0.4, 0.5) is 0 Å². The van der Waals surface area contributed by atoms with Crippen LogP contribution in [0.1, 0.15) is 85.0 Å². The van der Waals surface area contributed by atoms with Crippen molar-refractivity contribution < 1.29 is 0 Å². The second-order valence-electron chi connectivity index (χ2n) is 4.52. The fourth-order valence-corrected chi connectivity index (χ4v) is 1.90. The summed E-state index contributed by atoms with van der Waals surface area (Å²) < 4.78 is 0. The number of unbranched alkanes of at least 4 members (excludes halogenated alkanes) is 6. The van der Waals surface area contributed by atoms with E-state index in [1.54, 1.807) is 5.57 Å². The Labute approximate surface area is 97.2 Å². The summed E-state index contributed by atoms with van der Waals surface area (Å²) in [7, 11) is 0. The number of allylic oxidation sites excluding steroid dienone is 2. The normalized spacial score (nSPS) is 12.1. The molecular formula is C15H30. The maximum absolute atomic E-state index is 2.51. The van der Waals surface area contributed by atoms with Crippen LogP contribution in [0.3, 0.4) is 0 Å². The Hall–Kier alpha value is -0.260. The first-order valence-electron chi connectivity index (χ1n) is 7.03. The van der Waals surface area contributed by atoms with Gasteiger partial charge in [0.15, 0.2) is 0 Å². The van der Waals surface area contributed by atoms with Crippen molar-refractivity contribution in [1.29, 1.82) is 0 Å². The minimum atomic E-state index is 1.26. The SMILES string of the molecule is CCCCCCC=C(CC)CCCCC. The van der Waals surface area contributed by atoms with Crippen molar-refractivity contribution in [2.75, 3.05) is 0 Å². The van der Waals surface area contributed by atoms with E-state index in [-0.39, 0.29) is 0 Å². The molecule has 0 spiro atoms. The van der Waals surface area contributed by atoms with E-state index in [1.807, 2.05) is 0 Å². The zero-order chi connectivity index (χ0) is 11.4. The van der Waals surface area contributed by atoms with Gasteiger partial charge in [0.05, 0.1) is 0 Å². The molecule has 0 heteroatoms. The molecule has 0 bridgehead atoms. The van der Waals surface area contributed by atoms with E-state index >= 15 is 0 Å². The molecule has 0 atom stereocenters. The Morgan fingerprint density at radius 2 is 1.47 bits per heavy atom. The van der Waals surface area contributed by atoms with Gasteiger partial charge in [-0.15, -0.1) is 0 Å². The monoisotopic (exact) mass is 210 g/mol. The van der Waals surface area contributed by atoms with Crippen molar-refractivity contribution in [3.05, 3.63) is 11.6 Å². The van der Waals surface area contributed by atoms with Gasteiger partial charge < -0.3 is 0 Å². The molecule has 0 aliphatic carbocycles. The second kappa shape index (κ2) is 11.8. The zero-order valence-corrected chi connectivity index (χ0v) is 11.1. The smallest absolute Gasteiger partial charge is 0.0320 e. The van der Waals surface area contributed by atoms with Crippen LogP contribution in [0.2, 0.25) is 0 Å². The summed E-state index contributed by atoms with van der Waals surface area (Å²) in [6.45, 7) is 6.85. The Balaban J connectivity index is 3.50. The van der Waals surface area contributed by atoms with Gasteiger partial charge in [-0.1, -0.05) is 64.5 Å². The van der Waals surface area contributed by atoms with E-state index in [2.05, 4.69) is 26.8 Å². The molecule has 0 aromatic rings. The van der Waals surface area contributed by atoms with Crippen molar-refractivity contribution in [2.24, 2.45) is 0 Å². The fraction of sp³-hybridized carbons (Fsp3) is 0.867. The third-order valence-corrected chi connectivity index (χ3v) is 3.05. The maximum Gasteiger partial charge on any atom is -0.0320 e. The Kier molecular flexibility index (Phi) is 11.6. The Morgan fingerprint density at radius 1 is 0.800 bits per heavy atom. The first-order chi connectivity index (χ1) is 7.35. The summed E-state index contributed by atoms with van der Waals surface area (Å²) >= 11 is 0. The molecule has 0 saturated heterocycles. The average Bonchev–Trinajstić information content (AvgIpc) is 2.26. The molecule has 0 aromatic carbocycles. The van der Waals surface area contributed by atoms with Crippen LogP contribution < -0.4 is 0 Å². The van der Waals surface area contributed by atoms with Gasteiger partial charge in [0, 0.05) is 0 Å².